The fraction of sp³-hybridized carbons (Fsp3) is 0.667. The Morgan fingerprint density at radius 3 is 2.25 bits per heavy atom. The summed E-state index contributed by atoms with van der Waals surface area (Å²) in [5, 5.41) is 0. The third-order valence-electron chi connectivity index (χ3n) is 15.4. The van der Waals surface area contributed by atoms with Crippen LogP contribution < -0.4 is 33.7 Å². The van der Waals surface area contributed by atoms with Crippen molar-refractivity contribution in [1.29, 1.82) is 0 Å². The van der Waals surface area contributed by atoms with E-state index in [1.165, 1.54) is 23.6 Å². The van der Waals surface area contributed by atoms with Crippen molar-refractivity contribution in [3.63, 3.8) is 0 Å². The molecular formula is C42H53NaO9S. The molecule has 53 heavy (non-hydrogen) atoms. The Hall–Kier alpha value is -2.11. The number of ether oxygens (including phenoxy) is 1. The van der Waals surface area contributed by atoms with E-state index in [-0.39, 0.29) is 69.1 Å². The molecule has 8 rings (SSSR count). The van der Waals surface area contributed by atoms with Crippen molar-refractivity contribution in [2.24, 2.45) is 45.8 Å². The Bertz CT molecular complexity index is 1900. The van der Waals surface area contributed by atoms with Gasteiger partial charge in [0.15, 0.2) is 17.2 Å². The van der Waals surface area contributed by atoms with E-state index in [9.17, 15) is 32.1 Å². The summed E-state index contributed by atoms with van der Waals surface area (Å²) in [4.78, 5) is 49.1. The molecule has 1 aromatic rings. The third kappa shape index (κ3) is 6.58. The summed E-state index contributed by atoms with van der Waals surface area (Å²) >= 11 is 0. The molecule has 0 N–H and O–H groups in total. The zero-order valence-electron chi connectivity index (χ0n) is 32.4. The molecular weight excluding hydrogens is 704 g/mol. The SMILES string of the molecule is CC(=O)O[C@]1(C(C)=O)CC[C@H]2[C@@H]3C=C(C)C4=CC(=O)CC[C@]4(C)[C@H]3CC[C@@]21C.C[C@]12CC[C@@H]3c4ccc(OS(=O)(=O)[O-])cc4CC[C@H]3[C@@H]1CCC2=O.[Na+]. The van der Waals surface area contributed by atoms with Crippen LogP contribution in [-0.2, 0) is 40.7 Å². The van der Waals surface area contributed by atoms with Gasteiger partial charge in [0.05, 0.1) is 0 Å². The molecule has 0 unspecified atom stereocenters. The number of fused-ring (bicyclic) bond motifs is 10. The summed E-state index contributed by atoms with van der Waals surface area (Å²) in [6, 6.07) is 5.17. The van der Waals surface area contributed by atoms with Gasteiger partial charge >= 0.3 is 35.5 Å². The number of carbonyl (C=O) groups excluding carboxylic acids is 4. The number of rotatable bonds is 4. The van der Waals surface area contributed by atoms with Gasteiger partial charge in [-0.2, -0.15) is 0 Å². The van der Waals surface area contributed by atoms with Crippen LogP contribution >= 0.6 is 0 Å². The average Bonchev–Trinajstić information content (AvgIpc) is 3.54. The molecule has 282 valence electrons. The second-order valence-electron chi connectivity index (χ2n) is 17.7. The Kier molecular flexibility index (Phi) is 10.8. The number of esters is 1. The van der Waals surface area contributed by atoms with Gasteiger partial charge in [0.25, 0.3) is 10.4 Å². The summed E-state index contributed by atoms with van der Waals surface area (Å²) in [5.74, 6) is 2.98. The van der Waals surface area contributed by atoms with Gasteiger partial charge in [-0.3, -0.25) is 19.2 Å². The number of aryl methyl sites for hydroxylation is 1. The van der Waals surface area contributed by atoms with Gasteiger partial charge in [0.1, 0.15) is 11.5 Å². The largest absolute Gasteiger partial charge is 1.00 e. The second-order valence-corrected chi connectivity index (χ2v) is 18.7. The predicted molar refractivity (Wildman–Crippen MR) is 193 cm³/mol. The van der Waals surface area contributed by atoms with Gasteiger partial charge in [0.2, 0.25) is 0 Å². The maximum atomic E-state index is 12.8. The van der Waals surface area contributed by atoms with E-state index in [2.05, 4.69) is 38.0 Å². The van der Waals surface area contributed by atoms with Crippen LogP contribution in [0.2, 0.25) is 0 Å². The van der Waals surface area contributed by atoms with Crippen molar-refractivity contribution in [3.8, 4) is 5.75 Å². The van der Waals surface area contributed by atoms with Crippen LogP contribution in [0.15, 0.2) is 41.5 Å². The summed E-state index contributed by atoms with van der Waals surface area (Å²) in [6.45, 7) is 11.8. The molecule has 0 saturated heterocycles. The van der Waals surface area contributed by atoms with Crippen molar-refractivity contribution in [2.75, 3.05) is 0 Å². The van der Waals surface area contributed by atoms with E-state index in [1.807, 2.05) is 12.1 Å². The molecule has 10 atom stereocenters. The molecule has 11 heteroatoms. The Morgan fingerprint density at radius 2 is 1.57 bits per heavy atom. The van der Waals surface area contributed by atoms with Gasteiger partial charge in [-0.25, -0.2) is 8.42 Å². The van der Waals surface area contributed by atoms with Crippen molar-refractivity contribution in [1.82, 2.24) is 0 Å². The molecule has 0 amide bonds. The fourth-order valence-corrected chi connectivity index (χ4v) is 13.3. The Labute approximate surface area is 336 Å². The number of hydrogen-bond acceptors (Lipinski definition) is 9. The Balaban J connectivity index is 0.000000180. The van der Waals surface area contributed by atoms with Gasteiger partial charge in [-0.15, -0.1) is 0 Å². The maximum absolute atomic E-state index is 12.8. The minimum atomic E-state index is -4.74. The zero-order valence-corrected chi connectivity index (χ0v) is 35.2. The first-order valence-corrected chi connectivity index (χ1v) is 20.6. The normalized spacial score (nSPS) is 39.5. The molecule has 9 nitrogen and oxygen atoms in total. The minimum Gasteiger partial charge on any atom is -0.716 e. The molecule has 4 fully saturated rings. The summed E-state index contributed by atoms with van der Waals surface area (Å²) in [7, 11) is -4.74. The van der Waals surface area contributed by atoms with E-state index >= 15 is 0 Å². The molecule has 0 aliphatic heterocycles. The quantitative estimate of drug-likeness (QED) is 0.187. The molecule has 1 aromatic carbocycles. The van der Waals surface area contributed by atoms with Crippen LogP contribution in [0.4, 0.5) is 0 Å². The molecule has 0 bridgehead atoms. The Morgan fingerprint density at radius 1 is 0.849 bits per heavy atom. The van der Waals surface area contributed by atoms with Crippen LogP contribution in [0.5, 0.6) is 5.75 Å². The van der Waals surface area contributed by atoms with Gasteiger partial charge in [-0.05, 0) is 154 Å². The van der Waals surface area contributed by atoms with Gasteiger partial charge in [0, 0.05) is 30.6 Å². The van der Waals surface area contributed by atoms with E-state index < -0.39 is 16.0 Å². The molecule has 0 heterocycles. The van der Waals surface area contributed by atoms with Gasteiger partial charge in [-0.1, -0.05) is 38.5 Å². The van der Waals surface area contributed by atoms with Crippen molar-refractivity contribution < 1.29 is 70.6 Å². The molecule has 4 saturated carbocycles. The van der Waals surface area contributed by atoms with Crippen molar-refractivity contribution >= 4 is 33.7 Å². The van der Waals surface area contributed by atoms with Gasteiger partial charge < -0.3 is 13.5 Å². The molecule has 7 aliphatic rings. The first-order valence-electron chi connectivity index (χ1n) is 19.3. The molecule has 0 aromatic heterocycles. The second kappa shape index (κ2) is 14.1. The molecule has 7 aliphatic carbocycles. The van der Waals surface area contributed by atoms with Crippen LogP contribution in [0, 0.1) is 45.8 Å². The van der Waals surface area contributed by atoms with Crippen molar-refractivity contribution in [3.05, 3.63) is 52.6 Å². The number of benzene rings is 1. The van der Waals surface area contributed by atoms with E-state index in [1.54, 1.807) is 19.1 Å². The average molecular weight is 757 g/mol. The summed E-state index contributed by atoms with van der Waals surface area (Å²) in [5.41, 5.74) is 3.33. The van der Waals surface area contributed by atoms with Crippen LogP contribution in [-0.4, -0.2) is 41.9 Å². The van der Waals surface area contributed by atoms with E-state index in [0.29, 0.717) is 60.6 Å². The third-order valence-corrected chi connectivity index (χ3v) is 15.8. The van der Waals surface area contributed by atoms with Crippen molar-refractivity contribution in [2.45, 2.75) is 130 Å². The predicted octanol–water partition coefficient (Wildman–Crippen LogP) is 4.53. The van der Waals surface area contributed by atoms with Crippen LogP contribution in [0.3, 0.4) is 0 Å². The van der Waals surface area contributed by atoms with Crippen LogP contribution in [0.25, 0.3) is 0 Å². The van der Waals surface area contributed by atoms with Crippen LogP contribution in [0.1, 0.15) is 129 Å². The number of hydrogen-bond donors (Lipinski definition) is 0. The minimum absolute atomic E-state index is 0. The first kappa shape index (κ1) is 40.6. The first-order chi connectivity index (χ1) is 24.3. The topological polar surface area (TPSA) is 144 Å². The summed E-state index contributed by atoms with van der Waals surface area (Å²) in [6.07, 6.45) is 14.7. The number of Topliss-reactive ketones (excluding diaryl/α,β-unsaturated/α-hetero) is 2. The fourth-order valence-electron chi connectivity index (χ4n) is 13.0. The van der Waals surface area contributed by atoms with E-state index in [4.69, 9.17) is 4.74 Å². The standard InChI is InChI=1S/C24H32O4.C18H22O5S.Na/c1-14-12-18-19(22(4)9-6-17(27)13-21(14)22)7-10-23(5)20(18)8-11-24(23,15(2)25)28-16(3)26;1-18-9-8-14-13-5-3-12(23-24(20,21)22)10-11(13)2-4-15(14)16(18)6-7-17(18)19;/h12-13,18-20H,6-11H2,1-5H3;3,5,10,14-16H,2,4,6-9H2,1H3,(H,20,21,22);/q;;+1/p-1/t18-,19+,20+,22-,23+,24+;14-,15-,16+,18+;/m11./s1. The smallest absolute Gasteiger partial charge is 0.716 e. The van der Waals surface area contributed by atoms with E-state index in [0.717, 1.165) is 63.4 Å². The zero-order chi connectivity index (χ0) is 37.6. The molecule has 0 spiro atoms. The molecule has 0 radical (unpaired) electrons. The monoisotopic (exact) mass is 756 g/mol. The summed E-state index contributed by atoms with van der Waals surface area (Å²) < 4.78 is 42.6. The number of allylic oxidation sites excluding steroid dienone is 4. The number of carbonyl (C=O) groups is 4. The number of ketones is 3. The maximum Gasteiger partial charge on any atom is 1.00 e.